The lowest BCUT2D eigenvalue weighted by Crippen LogP contribution is -2.55. The van der Waals surface area contributed by atoms with E-state index in [1.165, 1.54) is 7.11 Å². The van der Waals surface area contributed by atoms with Crippen LogP contribution >= 0.6 is 0 Å². The molecule has 4 N–H and O–H groups in total. The van der Waals surface area contributed by atoms with Crippen LogP contribution in [0.2, 0.25) is 0 Å². The first-order valence-corrected chi connectivity index (χ1v) is 7.09. The van der Waals surface area contributed by atoms with Crippen molar-refractivity contribution in [1.29, 1.82) is 0 Å². The third-order valence-corrected chi connectivity index (χ3v) is 3.30. The second-order valence-electron chi connectivity index (χ2n) is 5.38. The fraction of sp³-hybridized carbons (Fsp3) is 0.769. The molecule has 3 atom stereocenters. The minimum absolute atomic E-state index is 0.193. The number of carbonyl (C=O) groups is 3. The Hall–Kier alpha value is -1.69. The van der Waals surface area contributed by atoms with Crippen molar-refractivity contribution in [2.45, 2.75) is 31.2 Å². The number of rotatable bonds is 11. The Balaban J connectivity index is 2.47. The van der Waals surface area contributed by atoms with Crippen molar-refractivity contribution in [3.8, 4) is 0 Å². The van der Waals surface area contributed by atoms with Gasteiger partial charge in [-0.25, -0.2) is 0 Å². The van der Waals surface area contributed by atoms with Gasteiger partial charge in [0.05, 0.1) is 26.4 Å². The van der Waals surface area contributed by atoms with Crippen LogP contribution in [0.25, 0.3) is 0 Å². The first kappa shape index (κ1) is 20.4. The Morgan fingerprint density at radius 3 is 2.42 bits per heavy atom. The maximum absolute atomic E-state index is 12.0. The third-order valence-electron chi connectivity index (χ3n) is 3.30. The summed E-state index contributed by atoms with van der Waals surface area (Å²) < 4.78 is 37.5. The number of ketones is 1. The molecule has 0 aromatic carbocycles. The van der Waals surface area contributed by atoms with Crippen molar-refractivity contribution in [2.75, 3.05) is 33.5 Å². The molecule has 2 unspecified atom stereocenters. The number of carbonyl (C=O) groups excluding carboxylic acids is 3. The lowest BCUT2D eigenvalue weighted by Gasteiger charge is -2.20. The highest BCUT2D eigenvalue weighted by molar-refractivity contribution is 5.95. The minimum Gasteiger partial charge on any atom is -0.382 e. The summed E-state index contributed by atoms with van der Waals surface area (Å²) in [5.41, 5.74) is 4.51. The van der Waals surface area contributed by atoms with E-state index in [2.05, 4.69) is 15.4 Å². The molecule has 0 bridgehead atoms. The van der Waals surface area contributed by atoms with E-state index in [0.29, 0.717) is 6.61 Å². The van der Waals surface area contributed by atoms with Gasteiger partial charge >= 0.3 is 6.61 Å². The second-order valence-corrected chi connectivity index (χ2v) is 5.38. The van der Waals surface area contributed by atoms with Crippen LogP contribution < -0.4 is 16.4 Å². The molecular formula is C13H21F2N3O6. The molecule has 138 valence electrons. The third kappa shape index (κ3) is 6.43. The van der Waals surface area contributed by atoms with Gasteiger partial charge in [0.15, 0.2) is 5.78 Å². The van der Waals surface area contributed by atoms with E-state index in [1.807, 2.05) is 0 Å². The number of hydrogen-bond donors (Lipinski definition) is 3. The molecule has 11 heteroatoms. The quantitative estimate of drug-likeness (QED) is 0.372. The van der Waals surface area contributed by atoms with Gasteiger partial charge in [0, 0.05) is 7.11 Å². The monoisotopic (exact) mass is 353 g/mol. The number of epoxide rings is 1. The molecule has 0 radical (unpaired) electrons. The summed E-state index contributed by atoms with van der Waals surface area (Å²) in [4.78, 5) is 35.5. The van der Waals surface area contributed by atoms with Crippen LogP contribution in [-0.4, -0.2) is 75.4 Å². The molecule has 0 aromatic heterocycles. The molecule has 0 saturated carbocycles. The number of methoxy groups -OCH3 is 1. The van der Waals surface area contributed by atoms with E-state index >= 15 is 0 Å². The van der Waals surface area contributed by atoms with Gasteiger partial charge in [-0.2, -0.15) is 8.78 Å². The summed E-state index contributed by atoms with van der Waals surface area (Å²) in [6.07, 6.45) is 0. The van der Waals surface area contributed by atoms with Gasteiger partial charge in [0.25, 0.3) is 0 Å². The number of halogens is 2. The molecule has 9 nitrogen and oxygen atoms in total. The van der Waals surface area contributed by atoms with Crippen LogP contribution in [0.5, 0.6) is 0 Å². The molecule has 1 fully saturated rings. The predicted octanol–water partition coefficient (Wildman–Crippen LogP) is -1.84. The molecule has 1 aliphatic heterocycles. The normalized spacial score (nSPS) is 21.9. The van der Waals surface area contributed by atoms with Crippen molar-refractivity contribution in [3.05, 3.63) is 0 Å². The molecule has 24 heavy (non-hydrogen) atoms. The van der Waals surface area contributed by atoms with Crippen molar-refractivity contribution in [2.24, 2.45) is 5.73 Å². The van der Waals surface area contributed by atoms with Crippen molar-refractivity contribution in [3.63, 3.8) is 0 Å². The number of alkyl halides is 2. The number of hydrogen-bond acceptors (Lipinski definition) is 7. The van der Waals surface area contributed by atoms with Gasteiger partial charge in [-0.1, -0.05) is 0 Å². The standard InChI is InChI=1S/C13H21F2N3O6/c1-13(6-24-13)9(19)3-17-11(21)8(5-22-2)18-10(20)7(16)4-23-12(14)15/h7-8,12H,3-6,16H2,1-2H3,(H,17,21)(H,18,20)/t7?,8-,13?/m0/s1. The highest BCUT2D eigenvalue weighted by atomic mass is 19.3. The van der Waals surface area contributed by atoms with Gasteiger partial charge in [0.2, 0.25) is 11.8 Å². The average Bonchev–Trinajstić information content (AvgIpc) is 3.28. The predicted molar refractivity (Wildman–Crippen MR) is 76.1 cm³/mol. The largest absolute Gasteiger partial charge is 0.382 e. The maximum atomic E-state index is 12.0. The molecular weight excluding hydrogens is 332 g/mol. The highest BCUT2D eigenvalue weighted by Gasteiger charge is 2.46. The molecule has 0 aromatic rings. The van der Waals surface area contributed by atoms with Crippen LogP contribution in [0.3, 0.4) is 0 Å². The highest BCUT2D eigenvalue weighted by Crippen LogP contribution is 2.26. The first-order chi connectivity index (χ1) is 11.2. The zero-order valence-electron chi connectivity index (χ0n) is 13.3. The summed E-state index contributed by atoms with van der Waals surface area (Å²) in [5.74, 6) is -1.85. The minimum atomic E-state index is -3.06. The number of ether oxygens (including phenoxy) is 3. The van der Waals surface area contributed by atoms with Gasteiger partial charge < -0.3 is 30.6 Å². The number of nitrogens with one attached hydrogen (secondary N) is 2. The SMILES string of the molecule is COC[C@H](NC(=O)C(N)COC(F)F)C(=O)NCC(=O)C1(C)CO1. The fourth-order valence-corrected chi connectivity index (χ4v) is 1.63. The number of amides is 2. The van der Waals surface area contributed by atoms with E-state index in [1.54, 1.807) is 6.92 Å². The smallest absolute Gasteiger partial charge is 0.345 e. The summed E-state index contributed by atoms with van der Waals surface area (Å²) in [7, 11) is 1.30. The van der Waals surface area contributed by atoms with E-state index in [-0.39, 0.29) is 18.9 Å². The molecule has 0 spiro atoms. The Morgan fingerprint density at radius 2 is 1.92 bits per heavy atom. The van der Waals surface area contributed by atoms with E-state index in [0.717, 1.165) is 0 Å². The zero-order chi connectivity index (χ0) is 18.3. The van der Waals surface area contributed by atoms with Crippen LogP contribution in [0.15, 0.2) is 0 Å². The van der Waals surface area contributed by atoms with E-state index < -0.39 is 42.7 Å². The zero-order valence-corrected chi connectivity index (χ0v) is 13.3. The lowest BCUT2D eigenvalue weighted by atomic mass is 10.1. The first-order valence-electron chi connectivity index (χ1n) is 7.09. The Labute approximate surface area is 137 Å². The summed E-state index contributed by atoms with van der Waals surface area (Å²) >= 11 is 0. The molecule has 1 rings (SSSR count). The maximum Gasteiger partial charge on any atom is 0.345 e. The van der Waals surface area contributed by atoms with Crippen molar-refractivity contribution < 1.29 is 37.4 Å². The van der Waals surface area contributed by atoms with Crippen LogP contribution in [0, 0.1) is 0 Å². The summed E-state index contributed by atoms with van der Waals surface area (Å²) in [6, 6.07) is -2.52. The molecule has 1 saturated heterocycles. The van der Waals surface area contributed by atoms with Gasteiger partial charge in [-0.05, 0) is 6.92 Å². The number of Topliss-reactive ketones (excluding diaryl/α,β-unsaturated/α-hetero) is 1. The van der Waals surface area contributed by atoms with E-state index in [4.69, 9.17) is 15.2 Å². The topological polar surface area (TPSA) is 132 Å². The Kier molecular flexibility index (Phi) is 7.60. The van der Waals surface area contributed by atoms with Crippen LogP contribution in [0.4, 0.5) is 8.78 Å². The van der Waals surface area contributed by atoms with Gasteiger partial charge in [0.1, 0.15) is 17.7 Å². The Bertz CT molecular complexity index is 473. The molecule has 2 amide bonds. The van der Waals surface area contributed by atoms with Crippen LogP contribution in [-0.2, 0) is 28.6 Å². The van der Waals surface area contributed by atoms with E-state index in [9.17, 15) is 23.2 Å². The summed E-state index contributed by atoms with van der Waals surface area (Å²) in [5, 5.41) is 4.60. The summed E-state index contributed by atoms with van der Waals surface area (Å²) in [6.45, 7) is -2.34. The molecule has 1 aliphatic rings. The van der Waals surface area contributed by atoms with Gasteiger partial charge in [-0.3, -0.25) is 14.4 Å². The second kappa shape index (κ2) is 8.97. The fourth-order valence-electron chi connectivity index (χ4n) is 1.63. The Morgan fingerprint density at radius 1 is 1.29 bits per heavy atom. The average molecular weight is 353 g/mol. The van der Waals surface area contributed by atoms with Crippen LogP contribution in [0.1, 0.15) is 6.92 Å². The molecule has 0 aliphatic carbocycles. The van der Waals surface area contributed by atoms with Crippen molar-refractivity contribution in [1.82, 2.24) is 10.6 Å². The van der Waals surface area contributed by atoms with Gasteiger partial charge in [-0.15, -0.1) is 0 Å². The van der Waals surface area contributed by atoms with Crippen molar-refractivity contribution >= 4 is 17.6 Å². The molecule has 1 heterocycles. The lowest BCUT2D eigenvalue weighted by molar-refractivity contribution is -0.143. The number of nitrogens with two attached hydrogens (primary N) is 1.